The zero-order valence-electron chi connectivity index (χ0n) is 12.8. The largest absolute Gasteiger partial charge is 0.496 e. The summed E-state index contributed by atoms with van der Waals surface area (Å²) in [5.74, 6) is 0.692. The Bertz CT molecular complexity index is 605. The van der Waals surface area contributed by atoms with Crippen LogP contribution in [0.15, 0.2) is 48.5 Å². The van der Waals surface area contributed by atoms with E-state index in [2.05, 4.69) is 30.9 Å². The quantitative estimate of drug-likeness (QED) is 0.757. The van der Waals surface area contributed by atoms with Crippen LogP contribution in [0.4, 0.5) is 5.69 Å². The van der Waals surface area contributed by atoms with Crippen LogP contribution in [0.25, 0.3) is 0 Å². The van der Waals surface area contributed by atoms with E-state index in [0.717, 1.165) is 12.2 Å². The number of hydrogen-bond acceptors (Lipinski definition) is 3. The van der Waals surface area contributed by atoms with Crippen LogP contribution in [0.2, 0.25) is 0 Å². The number of carbonyl (C=O) groups excluding carboxylic acids is 1. The summed E-state index contributed by atoms with van der Waals surface area (Å²) in [6, 6.07) is 15.6. The summed E-state index contributed by atoms with van der Waals surface area (Å²) < 4.78 is 5.26. The van der Waals surface area contributed by atoms with E-state index < -0.39 is 0 Å². The van der Waals surface area contributed by atoms with Gasteiger partial charge in [0.2, 0.25) is 0 Å². The maximum Gasteiger partial charge on any atom is 0.185 e. The lowest BCUT2D eigenvalue weighted by atomic mass is 10.1. The zero-order valence-corrected chi connectivity index (χ0v) is 12.8. The monoisotopic (exact) mass is 283 g/mol. The van der Waals surface area contributed by atoms with Gasteiger partial charge in [-0.05, 0) is 38.1 Å². The second-order valence-electron chi connectivity index (χ2n) is 4.97. The van der Waals surface area contributed by atoms with Crippen LogP contribution in [-0.4, -0.2) is 26.0 Å². The minimum Gasteiger partial charge on any atom is -0.496 e. The molecule has 2 aromatic carbocycles. The van der Waals surface area contributed by atoms with Gasteiger partial charge in [0.05, 0.1) is 19.2 Å². The Kier molecular flexibility index (Phi) is 4.99. The lowest BCUT2D eigenvalue weighted by molar-refractivity contribution is 0.0996. The van der Waals surface area contributed by atoms with Crippen molar-refractivity contribution in [2.24, 2.45) is 0 Å². The van der Waals surface area contributed by atoms with Crippen LogP contribution >= 0.6 is 0 Å². The highest BCUT2D eigenvalue weighted by Crippen LogP contribution is 2.20. The van der Waals surface area contributed by atoms with Gasteiger partial charge in [-0.2, -0.15) is 0 Å². The lowest BCUT2D eigenvalue weighted by Gasteiger charge is -2.22. The first-order valence-corrected chi connectivity index (χ1v) is 7.13. The van der Waals surface area contributed by atoms with Crippen LogP contribution in [-0.2, 0) is 0 Å². The van der Waals surface area contributed by atoms with Crippen LogP contribution in [0, 0.1) is 6.92 Å². The lowest BCUT2D eigenvalue weighted by Crippen LogP contribution is -2.29. The fourth-order valence-corrected chi connectivity index (χ4v) is 2.27. The van der Waals surface area contributed by atoms with Gasteiger partial charge in [-0.15, -0.1) is 0 Å². The molecule has 0 radical (unpaired) electrons. The van der Waals surface area contributed by atoms with Crippen molar-refractivity contribution in [1.82, 2.24) is 0 Å². The van der Waals surface area contributed by atoms with Crippen molar-refractivity contribution in [2.45, 2.75) is 13.8 Å². The van der Waals surface area contributed by atoms with E-state index in [9.17, 15) is 4.79 Å². The molecule has 0 bridgehead atoms. The number of carbonyl (C=O) groups is 1. The first-order chi connectivity index (χ1) is 10.2. The molecule has 110 valence electrons. The maximum absolute atomic E-state index is 12.5. The van der Waals surface area contributed by atoms with Crippen molar-refractivity contribution in [3.63, 3.8) is 0 Å². The molecule has 0 unspecified atom stereocenters. The van der Waals surface area contributed by atoms with E-state index in [4.69, 9.17) is 4.74 Å². The first-order valence-electron chi connectivity index (χ1n) is 7.13. The number of methoxy groups -OCH3 is 1. The van der Waals surface area contributed by atoms with Gasteiger partial charge >= 0.3 is 0 Å². The average molecular weight is 283 g/mol. The third-order valence-corrected chi connectivity index (χ3v) is 3.52. The van der Waals surface area contributed by atoms with E-state index >= 15 is 0 Å². The SMILES string of the molecule is CCN(CC(=O)c1ccccc1OC)c1ccc(C)cc1. The van der Waals surface area contributed by atoms with Gasteiger partial charge in [-0.3, -0.25) is 4.79 Å². The van der Waals surface area contributed by atoms with Gasteiger partial charge in [0.1, 0.15) is 5.75 Å². The number of benzene rings is 2. The zero-order chi connectivity index (χ0) is 15.2. The first kappa shape index (κ1) is 15.1. The predicted octanol–water partition coefficient (Wildman–Crippen LogP) is 3.71. The fraction of sp³-hybridized carbons (Fsp3) is 0.278. The molecule has 0 aliphatic heterocycles. The highest BCUT2D eigenvalue weighted by Gasteiger charge is 2.15. The number of para-hydroxylation sites is 1. The van der Waals surface area contributed by atoms with Crippen molar-refractivity contribution in [3.8, 4) is 5.75 Å². The summed E-state index contributed by atoms with van der Waals surface area (Å²) in [6.45, 7) is 5.24. The molecule has 3 heteroatoms. The van der Waals surface area contributed by atoms with Gasteiger partial charge in [0.15, 0.2) is 5.78 Å². The summed E-state index contributed by atoms with van der Waals surface area (Å²) in [4.78, 5) is 14.6. The van der Waals surface area contributed by atoms with Gasteiger partial charge in [-0.25, -0.2) is 0 Å². The molecule has 3 nitrogen and oxygen atoms in total. The normalized spacial score (nSPS) is 10.2. The Balaban J connectivity index is 2.18. The van der Waals surface area contributed by atoms with Gasteiger partial charge in [0, 0.05) is 12.2 Å². The number of aryl methyl sites for hydroxylation is 1. The Morgan fingerprint density at radius 3 is 2.38 bits per heavy atom. The molecule has 0 saturated heterocycles. The highest BCUT2D eigenvalue weighted by molar-refractivity contribution is 6.01. The van der Waals surface area contributed by atoms with Crippen molar-refractivity contribution in [1.29, 1.82) is 0 Å². The molecule has 0 aromatic heterocycles. The van der Waals surface area contributed by atoms with Crippen molar-refractivity contribution < 1.29 is 9.53 Å². The Morgan fingerprint density at radius 2 is 1.76 bits per heavy atom. The number of anilines is 1. The molecule has 0 atom stereocenters. The molecule has 0 N–H and O–H groups in total. The maximum atomic E-state index is 12.5. The number of ether oxygens (including phenoxy) is 1. The number of likely N-dealkylation sites (N-methyl/N-ethyl adjacent to an activating group) is 1. The summed E-state index contributed by atoms with van der Waals surface area (Å²) in [6.07, 6.45) is 0. The van der Waals surface area contributed by atoms with Crippen LogP contribution < -0.4 is 9.64 Å². The van der Waals surface area contributed by atoms with Crippen LogP contribution in [0.5, 0.6) is 5.75 Å². The van der Waals surface area contributed by atoms with Gasteiger partial charge < -0.3 is 9.64 Å². The number of Topliss-reactive ketones (excluding diaryl/α,β-unsaturated/α-hetero) is 1. The molecule has 2 aromatic rings. The second-order valence-corrected chi connectivity index (χ2v) is 4.97. The molecule has 0 heterocycles. The molecule has 0 fully saturated rings. The fourth-order valence-electron chi connectivity index (χ4n) is 2.27. The number of hydrogen-bond donors (Lipinski definition) is 0. The van der Waals surface area contributed by atoms with Crippen molar-refractivity contribution >= 4 is 11.5 Å². The minimum atomic E-state index is 0.0647. The average Bonchev–Trinajstić information content (AvgIpc) is 2.53. The third kappa shape index (κ3) is 3.63. The van der Waals surface area contributed by atoms with E-state index in [0.29, 0.717) is 17.9 Å². The van der Waals surface area contributed by atoms with E-state index in [1.54, 1.807) is 7.11 Å². The molecule has 0 aliphatic rings. The number of ketones is 1. The molecule has 0 amide bonds. The summed E-state index contributed by atoms with van der Waals surface area (Å²) in [5.41, 5.74) is 2.91. The highest BCUT2D eigenvalue weighted by atomic mass is 16.5. The smallest absolute Gasteiger partial charge is 0.185 e. The Labute approximate surface area is 126 Å². The minimum absolute atomic E-state index is 0.0647. The molecule has 0 saturated carbocycles. The van der Waals surface area contributed by atoms with Crippen LogP contribution in [0.3, 0.4) is 0 Å². The molecule has 21 heavy (non-hydrogen) atoms. The summed E-state index contributed by atoms with van der Waals surface area (Å²) in [5, 5.41) is 0. The summed E-state index contributed by atoms with van der Waals surface area (Å²) >= 11 is 0. The topological polar surface area (TPSA) is 29.5 Å². The van der Waals surface area contributed by atoms with E-state index in [1.807, 2.05) is 36.4 Å². The third-order valence-electron chi connectivity index (χ3n) is 3.52. The Morgan fingerprint density at radius 1 is 1.10 bits per heavy atom. The van der Waals surface area contributed by atoms with Crippen LogP contribution in [0.1, 0.15) is 22.8 Å². The number of rotatable bonds is 6. The molecule has 2 rings (SSSR count). The molecule has 0 aliphatic carbocycles. The summed E-state index contributed by atoms with van der Waals surface area (Å²) in [7, 11) is 1.59. The second kappa shape index (κ2) is 6.93. The standard InChI is InChI=1S/C18H21NO2/c1-4-19(15-11-9-14(2)10-12-15)13-17(20)16-7-5-6-8-18(16)21-3/h5-12H,4,13H2,1-3H3. The van der Waals surface area contributed by atoms with E-state index in [1.165, 1.54) is 5.56 Å². The van der Waals surface area contributed by atoms with Gasteiger partial charge in [0.25, 0.3) is 0 Å². The van der Waals surface area contributed by atoms with Crippen molar-refractivity contribution in [2.75, 3.05) is 25.1 Å². The van der Waals surface area contributed by atoms with Crippen molar-refractivity contribution in [3.05, 3.63) is 59.7 Å². The molecular weight excluding hydrogens is 262 g/mol. The molecule has 0 spiro atoms. The van der Waals surface area contributed by atoms with Gasteiger partial charge in [-0.1, -0.05) is 29.8 Å². The molecular formula is C18H21NO2. The predicted molar refractivity (Wildman–Crippen MR) is 86.4 cm³/mol. The van der Waals surface area contributed by atoms with E-state index in [-0.39, 0.29) is 5.78 Å². The Hall–Kier alpha value is -2.29. The number of nitrogens with zero attached hydrogens (tertiary/aromatic N) is 1.